The van der Waals surface area contributed by atoms with E-state index in [0.29, 0.717) is 0 Å². The fourth-order valence-electron chi connectivity index (χ4n) is 2.07. The van der Waals surface area contributed by atoms with Crippen molar-refractivity contribution in [2.45, 2.75) is 18.0 Å². The summed E-state index contributed by atoms with van der Waals surface area (Å²) in [4.78, 5) is 15.7. The lowest BCUT2D eigenvalue weighted by Gasteiger charge is -2.13. The molecule has 0 spiro atoms. The Labute approximate surface area is 109 Å². The van der Waals surface area contributed by atoms with Gasteiger partial charge in [0.05, 0.1) is 4.88 Å². The van der Waals surface area contributed by atoms with Crippen LogP contribution >= 0.6 is 24.0 Å². The monoisotopic (exact) mass is 261 g/mol. The van der Waals surface area contributed by atoms with Crippen LogP contribution in [-0.2, 0) is 13.1 Å². The molecule has 0 atom stereocenters. The van der Waals surface area contributed by atoms with Gasteiger partial charge in [0.1, 0.15) is 0 Å². The highest BCUT2D eigenvalue weighted by atomic mass is 32.1. The zero-order valence-electron chi connectivity index (χ0n) is 9.09. The average molecular weight is 261 g/mol. The molecule has 1 amide bonds. The minimum Gasteiger partial charge on any atom is -0.329 e. The van der Waals surface area contributed by atoms with Crippen LogP contribution in [0, 0.1) is 0 Å². The summed E-state index contributed by atoms with van der Waals surface area (Å²) in [5.41, 5.74) is 2.51. The number of amides is 1. The Morgan fingerprint density at radius 3 is 2.41 bits per heavy atom. The predicted molar refractivity (Wildman–Crippen MR) is 71.6 cm³/mol. The summed E-state index contributed by atoms with van der Waals surface area (Å²) in [6.45, 7) is 1.43. The maximum atomic E-state index is 12.2. The van der Waals surface area contributed by atoms with Crippen LogP contribution in [0.1, 0.15) is 20.8 Å². The Kier molecular flexibility index (Phi) is 2.68. The normalized spacial score (nSPS) is 13.8. The number of nitrogens with zero attached hydrogens (tertiary/aromatic N) is 1. The van der Waals surface area contributed by atoms with Crippen molar-refractivity contribution >= 4 is 29.9 Å². The minimum atomic E-state index is 0.103. The van der Waals surface area contributed by atoms with E-state index in [1.807, 2.05) is 28.5 Å². The number of carbonyl (C=O) groups excluding carboxylic acids is 1. The Hall–Kier alpha value is -1.26. The van der Waals surface area contributed by atoms with E-state index < -0.39 is 0 Å². The first-order chi connectivity index (χ1) is 8.24. The molecule has 2 nitrogen and oxygen atoms in total. The zero-order valence-corrected chi connectivity index (χ0v) is 10.8. The van der Waals surface area contributed by atoms with Crippen LogP contribution in [0.25, 0.3) is 0 Å². The molecule has 0 radical (unpaired) electrons. The first kappa shape index (κ1) is 10.9. The van der Waals surface area contributed by atoms with Gasteiger partial charge in [0, 0.05) is 23.4 Å². The second-order valence-corrected chi connectivity index (χ2v) is 5.53. The molecular weight excluding hydrogens is 250 g/mol. The van der Waals surface area contributed by atoms with Gasteiger partial charge in [0.15, 0.2) is 0 Å². The fraction of sp³-hybridized carbons (Fsp3) is 0.154. The molecule has 0 fully saturated rings. The topological polar surface area (TPSA) is 20.3 Å². The Morgan fingerprint density at radius 1 is 1.24 bits per heavy atom. The van der Waals surface area contributed by atoms with E-state index in [2.05, 4.69) is 24.8 Å². The van der Waals surface area contributed by atoms with Gasteiger partial charge in [-0.15, -0.1) is 24.0 Å². The van der Waals surface area contributed by atoms with E-state index >= 15 is 0 Å². The van der Waals surface area contributed by atoms with Crippen LogP contribution in [0.3, 0.4) is 0 Å². The average Bonchev–Trinajstić information content (AvgIpc) is 2.93. The molecule has 2 aromatic rings. The molecule has 1 aromatic carbocycles. The number of fused-ring (bicyclic) bond motifs is 1. The van der Waals surface area contributed by atoms with Gasteiger partial charge in [-0.3, -0.25) is 4.79 Å². The molecule has 0 saturated heterocycles. The van der Waals surface area contributed by atoms with Crippen molar-refractivity contribution in [3.05, 3.63) is 51.7 Å². The van der Waals surface area contributed by atoms with Crippen LogP contribution < -0.4 is 0 Å². The molecule has 4 heteroatoms. The lowest BCUT2D eigenvalue weighted by molar-refractivity contribution is 0.0756. The summed E-state index contributed by atoms with van der Waals surface area (Å²) in [7, 11) is 0. The quantitative estimate of drug-likeness (QED) is 0.782. The molecule has 2 heterocycles. The van der Waals surface area contributed by atoms with E-state index in [4.69, 9.17) is 0 Å². The van der Waals surface area contributed by atoms with Crippen LogP contribution in [0.4, 0.5) is 0 Å². The van der Waals surface area contributed by atoms with Gasteiger partial charge in [-0.1, -0.05) is 24.3 Å². The summed E-state index contributed by atoms with van der Waals surface area (Å²) in [5, 5.41) is 1.89. The van der Waals surface area contributed by atoms with Crippen LogP contribution in [0.2, 0.25) is 0 Å². The number of hydrogen-bond acceptors (Lipinski definition) is 3. The van der Waals surface area contributed by atoms with E-state index in [9.17, 15) is 4.79 Å². The number of carbonyl (C=O) groups is 1. The van der Waals surface area contributed by atoms with Crippen LogP contribution in [0.15, 0.2) is 40.6 Å². The first-order valence-electron chi connectivity index (χ1n) is 5.37. The molecule has 0 saturated carbocycles. The first-order valence-corrected chi connectivity index (χ1v) is 6.70. The summed E-state index contributed by atoms with van der Waals surface area (Å²) in [6, 6.07) is 10.0. The van der Waals surface area contributed by atoms with Crippen molar-refractivity contribution < 1.29 is 4.79 Å². The third kappa shape index (κ3) is 1.98. The summed E-state index contributed by atoms with van der Waals surface area (Å²) < 4.78 is 0. The summed E-state index contributed by atoms with van der Waals surface area (Å²) in [6.07, 6.45) is 0. The van der Waals surface area contributed by atoms with Gasteiger partial charge in [-0.2, -0.15) is 0 Å². The number of rotatable bonds is 1. The summed E-state index contributed by atoms with van der Waals surface area (Å²) in [5.74, 6) is 0.103. The van der Waals surface area contributed by atoms with E-state index in [1.54, 1.807) is 0 Å². The molecule has 0 aliphatic carbocycles. The fourth-order valence-corrected chi connectivity index (χ4v) is 3.19. The van der Waals surface area contributed by atoms with Gasteiger partial charge in [0.25, 0.3) is 5.91 Å². The molecule has 17 heavy (non-hydrogen) atoms. The number of thiophene rings is 1. The highest BCUT2D eigenvalue weighted by Gasteiger charge is 2.24. The smallest absolute Gasteiger partial charge is 0.264 e. The lowest BCUT2D eigenvalue weighted by atomic mass is 10.1. The Balaban J connectivity index is 1.83. The molecule has 1 aromatic heterocycles. The second kappa shape index (κ2) is 4.20. The van der Waals surface area contributed by atoms with Crippen molar-refractivity contribution in [1.29, 1.82) is 0 Å². The lowest BCUT2D eigenvalue weighted by Crippen LogP contribution is -2.24. The van der Waals surface area contributed by atoms with Crippen molar-refractivity contribution in [3.63, 3.8) is 0 Å². The van der Waals surface area contributed by atoms with Gasteiger partial charge in [0.2, 0.25) is 0 Å². The number of hydrogen-bond donors (Lipinski definition) is 1. The third-order valence-corrected chi connectivity index (χ3v) is 4.28. The zero-order chi connectivity index (χ0) is 11.8. The van der Waals surface area contributed by atoms with Crippen molar-refractivity contribution in [2.24, 2.45) is 0 Å². The number of benzene rings is 1. The molecular formula is C13H11NOS2. The SMILES string of the molecule is O=C(c1cc(S)cs1)N1Cc2ccccc2C1. The Morgan fingerprint density at radius 2 is 1.88 bits per heavy atom. The summed E-state index contributed by atoms with van der Waals surface area (Å²) >= 11 is 5.69. The molecule has 86 valence electrons. The molecule has 1 aliphatic heterocycles. The maximum absolute atomic E-state index is 12.2. The van der Waals surface area contributed by atoms with Gasteiger partial charge in [-0.05, 0) is 17.2 Å². The Bertz CT molecular complexity index is 551. The van der Waals surface area contributed by atoms with Crippen LogP contribution in [-0.4, -0.2) is 10.8 Å². The predicted octanol–water partition coefficient (Wildman–Crippen LogP) is 3.19. The largest absolute Gasteiger partial charge is 0.329 e. The third-order valence-electron chi connectivity index (χ3n) is 2.92. The van der Waals surface area contributed by atoms with E-state index in [1.165, 1.54) is 22.5 Å². The highest BCUT2D eigenvalue weighted by molar-refractivity contribution is 7.80. The number of thiol groups is 1. The molecule has 0 bridgehead atoms. The van der Waals surface area contributed by atoms with Gasteiger partial charge in [-0.25, -0.2) is 0 Å². The minimum absolute atomic E-state index is 0.103. The highest BCUT2D eigenvalue weighted by Crippen LogP contribution is 2.26. The molecule has 0 N–H and O–H groups in total. The maximum Gasteiger partial charge on any atom is 0.264 e. The molecule has 1 aliphatic rings. The van der Waals surface area contributed by atoms with Crippen molar-refractivity contribution in [2.75, 3.05) is 0 Å². The molecule has 0 unspecified atom stereocenters. The van der Waals surface area contributed by atoms with E-state index in [0.717, 1.165) is 22.9 Å². The standard InChI is InChI=1S/C13H11NOS2/c15-13(12-5-11(16)8-17-12)14-6-9-3-1-2-4-10(9)7-14/h1-5,8,16H,6-7H2. The van der Waals surface area contributed by atoms with Crippen molar-refractivity contribution in [3.8, 4) is 0 Å². The van der Waals surface area contributed by atoms with Crippen LogP contribution in [0.5, 0.6) is 0 Å². The second-order valence-electron chi connectivity index (χ2n) is 4.10. The van der Waals surface area contributed by atoms with Gasteiger partial charge < -0.3 is 4.90 Å². The van der Waals surface area contributed by atoms with E-state index in [-0.39, 0.29) is 5.91 Å². The van der Waals surface area contributed by atoms with Gasteiger partial charge >= 0.3 is 0 Å². The molecule has 3 rings (SSSR count). The van der Waals surface area contributed by atoms with Crippen molar-refractivity contribution in [1.82, 2.24) is 4.90 Å².